The molecule has 8 atom stereocenters. The number of hydrogen-bond acceptors (Lipinski definition) is 12. The van der Waals surface area contributed by atoms with Crippen molar-refractivity contribution in [2.24, 2.45) is 23.7 Å². The lowest BCUT2D eigenvalue weighted by molar-refractivity contribution is -0.180. The third kappa shape index (κ3) is 18.2. The number of rotatable bonds is 16. The van der Waals surface area contributed by atoms with Crippen LogP contribution in [0.25, 0.3) is 0 Å². The molecule has 0 aromatic heterocycles. The summed E-state index contributed by atoms with van der Waals surface area (Å²) in [5.41, 5.74) is 1.31. The third-order valence-corrected chi connectivity index (χ3v) is 13.3. The van der Waals surface area contributed by atoms with Gasteiger partial charge >= 0.3 is 23.9 Å². The maximum absolute atomic E-state index is 15.3. The SMILES string of the molecule is CC(C)C[C@H]1C(=O)O[C@H](Cc2ccccc2)C(=O)N(C(C)C)[C@@H](CC(C)C)C(=O)O[C@H](C)C(=O)N(C(C)C)[C@@H](CC(C)C)C(=O)O[C@H](Cc2ccccc2)C(=O)N(C(C)C)[C@@H](CC(C)C)C(=O)O[C@@H](C)C(=O)N1C(C)C. The summed E-state index contributed by atoms with van der Waals surface area (Å²) in [6.45, 7) is 31.7. The van der Waals surface area contributed by atoms with Crippen LogP contribution in [0.15, 0.2) is 60.7 Å². The molecule has 2 aromatic rings. The van der Waals surface area contributed by atoms with E-state index in [0.29, 0.717) is 11.1 Å². The van der Waals surface area contributed by atoms with Gasteiger partial charge in [0.1, 0.15) is 24.2 Å². The summed E-state index contributed by atoms with van der Waals surface area (Å²) >= 11 is 0. The Kier molecular flexibility index (Phi) is 25.2. The fourth-order valence-electron chi connectivity index (χ4n) is 9.96. The number of cyclic esters (lactones) is 4. The standard InChI is InChI=1S/C60H92N4O12/c1-35(2)29-47-57(69)73-43(17)53(65)61(39(9)10)50(32-38(7)8)60(72)76-52(34-46-27-23-20-24-28-46)56(68)64(42(15)16)48(30-36(3)4)58(70)74-44(18)54(66)62(40(11)12)49(31-37(5)6)59(71)75-51(55(67)63(47)41(13)14)33-45-25-21-19-22-26-45/h19-28,35-44,47-52H,29-34H2,1-18H3/t43-,44+,47-,48-,49-,50-,51+,52+/m0/s1. The van der Waals surface area contributed by atoms with E-state index in [2.05, 4.69) is 0 Å². The van der Waals surface area contributed by atoms with E-state index in [0.717, 1.165) is 0 Å². The highest BCUT2D eigenvalue weighted by atomic mass is 16.6. The van der Waals surface area contributed by atoms with Crippen molar-refractivity contribution >= 4 is 47.5 Å². The Morgan fingerprint density at radius 3 is 0.789 bits per heavy atom. The molecule has 16 heteroatoms. The van der Waals surface area contributed by atoms with Crippen molar-refractivity contribution in [2.45, 2.75) is 236 Å². The van der Waals surface area contributed by atoms with Gasteiger partial charge < -0.3 is 38.5 Å². The minimum atomic E-state index is -1.50. The van der Waals surface area contributed by atoms with E-state index in [-0.39, 0.29) is 62.2 Å². The molecule has 0 bridgehead atoms. The summed E-state index contributed by atoms with van der Waals surface area (Å²) in [5, 5.41) is 0. The molecule has 1 heterocycles. The summed E-state index contributed by atoms with van der Waals surface area (Å²) in [5.74, 6) is -6.98. The summed E-state index contributed by atoms with van der Waals surface area (Å²) in [4.78, 5) is 125. The van der Waals surface area contributed by atoms with Gasteiger partial charge in [-0.05, 0) is 130 Å². The molecule has 0 radical (unpaired) electrons. The van der Waals surface area contributed by atoms with Gasteiger partial charge in [0.25, 0.3) is 23.6 Å². The Labute approximate surface area is 454 Å². The molecule has 1 fully saturated rings. The van der Waals surface area contributed by atoms with Crippen LogP contribution in [-0.4, -0.2) is 140 Å². The number of carbonyl (C=O) groups is 8. The van der Waals surface area contributed by atoms with E-state index in [1.54, 1.807) is 104 Å². The smallest absolute Gasteiger partial charge is 0.329 e. The van der Waals surface area contributed by atoms with Gasteiger partial charge in [0.2, 0.25) is 0 Å². The normalized spacial score (nSPS) is 24.1. The molecule has 3 rings (SSSR count). The molecule has 0 aliphatic carbocycles. The van der Waals surface area contributed by atoms with Crippen LogP contribution in [0, 0.1) is 23.7 Å². The lowest BCUT2D eigenvalue weighted by atomic mass is 9.98. The highest BCUT2D eigenvalue weighted by molar-refractivity contribution is 5.95. The Morgan fingerprint density at radius 1 is 0.342 bits per heavy atom. The highest BCUT2D eigenvalue weighted by Gasteiger charge is 2.46. The molecule has 2 aromatic carbocycles. The zero-order valence-electron chi connectivity index (χ0n) is 48.9. The Hall–Kier alpha value is -5.80. The maximum atomic E-state index is 15.3. The Bertz CT molecular complexity index is 2060. The number of carbonyl (C=O) groups excluding carboxylic acids is 8. The van der Waals surface area contributed by atoms with Crippen LogP contribution in [0.2, 0.25) is 0 Å². The van der Waals surface area contributed by atoms with Crippen LogP contribution in [0.5, 0.6) is 0 Å². The van der Waals surface area contributed by atoms with Crippen LogP contribution in [0.4, 0.5) is 0 Å². The first kappa shape index (κ1) is 64.5. The first-order valence-electron chi connectivity index (χ1n) is 27.7. The van der Waals surface area contributed by atoms with Gasteiger partial charge in [-0.25, -0.2) is 19.2 Å². The monoisotopic (exact) mass is 1060 g/mol. The second kappa shape index (κ2) is 29.6. The van der Waals surface area contributed by atoms with Crippen molar-refractivity contribution in [1.29, 1.82) is 0 Å². The number of ether oxygens (including phenoxy) is 4. The molecule has 0 unspecified atom stereocenters. The zero-order valence-corrected chi connectivity index (χ0v) is 48.9. The van der Waals surface area contributed by atoms with E-state index in [9.17, 15) is 28.8 Å². The van der Waals surface area contributed by atoms with Gasteiger partial charge in [0.15, 0.2) is 24.4 Å². The predicted molar refractivity (Wildman–Crippen MR) is 292 cm³/mol. The van der Waals surface area contributed by atoms with Crippen molar-refractivity contribution in [3.8, 4) is 0 Å². The number of hydrogen-bond donors (Lipinski definition) is 0. The van der Waals surface area contributed by atoms with Crippen LogP contribution in [-0.2, 0) is 70.1 Å². The lowest BCUT2D eigenvalue weighted by Gasteiger charge is -2.40. The number of nitrogens with zero attached hydrogens (tertiary/aromatic N) is 4. The Morgan fingerprint density at radius 2 is 0.566 bits per heavy atom. The number of amides is 4. The number of benzene rings is 2. The molecule has 1 saturated heterocycles. The molecule has 0 N–H and O–H groups in total. The van der Waals surface area contributed by atoms with Gasteiger partial charge in [0.05, 0.1) is 0 Å². The number of esters is 4. The molecule has 0 saturated carbocycles. The summed E-state index contributed by atoms with van der Waals surface area (Å²) in [6.07, 6.45) is -5.69. The molecule has 1 aliphatic rings. The van der Waals surface area contributed by atoms with Crippen molar-refractivity contribution in [3.05, 3.63) is 71.8 Å². The van der Waals surface area contributed by atoms with Gasteiger partial charge in [-0.1, -0.05) is 116 Å². The summed E-state index contributed by atoms with van der Waals surface area (Å²) < 4.78 is 24.9. The first-order valence-corrected chi connectivity index (χ1v) is 27.7. The van der Waals surface area contributed by atoms with Crippen molar-refractivity contribution in [3.63, 3.8) is 0 Å². The quantitative estimate of drug-likeness (QED) is 0.115. The molecule has 0 spiro atoms. The van der Waals surface area contributed by atoms with Gasteiger partial charge in [-0.15, -0.1) is 0 Å². The Balaban J connectivity index is 2.45. The van der Waals surface area contributed by atoms with Crippen molar-refractivity contribution in [1.82, 2.24) is 19.6 Å². The van der Waals surface area contributed by atoms with E-state index in [1.807, 2.05) is 67.5 Å². The van der Waals surface area contributed by atoms with Crippen LogP contribution in [0.1, 0.15) is 161 Å². The third-order valence-electron chi connectivity index (χ3n) is 13.3. The zero-order chi connectivity index (χ0) is 57.5. The predicted octanol–water partition coefficient (Wildman–Crippen LogP) is 8.78. The average Bonchev–Trinajstić information content (AvgIpc) is 3.31. The van der Waals surface area contributed by atoms with Crippen molar-refractivity contribution < 1.29 is 57.3 Å². The molecule has 76 heavy (non-hydrogen) atoms. The highest BCUT2D eigenvalue weighted by Crippen LogP contribution is 2.28. The second-order valence-corrected chi connectivity index (χ2v) is 23.3. The summed E-state index contributed by atoms with van der Waals surface area (Å²) in [6, 6.07) is 10.3. The lowest BCUT2D eigenvalue weighted by Crippen LogP contribution is -2.59. The average molecular weight is 1060 g/mol. The molecule has 16 nitrogen and oxygen atoms in total. The van der Waals surface area contributed by atoms with Crippen LogP contribution >= 0.6 is 0 Å². The molecule has 1 aliphatic heterocycles. The largest absolute Gasteiger partial charge is 0.451 e. The van der Waals surface area contributed by atoms with Gasteiger partial charge in [0, 0.05) is 37.0 Å². The maximum Gasteiger partial charge on any atom is 0.329 e. The molecule has 4 amide bonds. The van der Waals surface area contributed by atoms with E-state index in [1.165, 1.54) is 33.4 Å². The minimum Gasteiger partial charge on any atom is -0.451 e. The first-order chi connectivity index (χ1) is 35.5. The minimum absolute atomic E-state index is 0.0871. The topological polar surface area (TPSA) is 186 Å². The fraction of sp³-hybridized carbons (Fsp3) is 0.667. The van der Waals surface area contributed by atoms with Gasteiger partial charge in [-0.2, -0.15) is 0 Å². The fourth-order valence-corrected chi connectivity index (χ4v) is 9.96. The second-order valence-electron chi connectivity index (χ2n) is 23.3. The van der Waals surface area contributed by atoms with Crippen molar-refractivity contribution in [2.75, 3.05) is 0 Å². The van der Waals surface area contributed by atoms with E-state index in [4.69, 9.17) is 18.9 Å². The summed E-state index contributed by atoms with van der Waals surface area (Å²) in [7, 11) is 0. The molecular weight excluding hydrogens is 969 g/mol. The van der Waals surface area contributed by atoms with Gasteiger partial charge in [-0.3, -0.25) is 19.2 Å². The van der Waals surface area contributed by atoms with Crippen LogP contribution in [0.3, 0.4) is 0 Å². The van der Waals surface area contributed by atoms with E-state index >= 15 is 9.59 Å². The van der Waals surface area contributed by atoms with Crippen LogP contribution < -0.4 is 0 Å². The molecule has 424 valence electrons. The molecular formula is C60H92N4O12. The van der Waals surface area contributed by atoms with E-state index < -0.39 is 120 Å².